The first kappa shape index (κ1) is 10.8. The Morgan fingerprint density at radius 3 is 2.62 bits per heavy atom. The average molecular weight is 278 g/mol. The van der Waals surface area contributed by atoms with Gasteiger partial charge in [0, 0.05) is 11.3 Å². The van der Waals surface area contributed by atoms with Crippen LogP contribution < -0.4 is 0 Å². The highest BCUT2D eigenvalue weighted by atomic mass is 79.9. The molecule has 0 unspecified atom stereocenters. The molecule has 0 saturated carbocycles. The van der Waals surface area contributed by atoms with Crippen LogP contribution in [0.1, 0.15) is 17.0 Å². The molecule has 0 spiro atoms. The summed E-state index contributed by atoms with van der Waals surface area (Å²) >= 11 is 3.21. The first-order valence-electron chi connectivity index (χ1n) is 4.63. The average Bonchev–Trinajstić information content (AvgIpc) is 2.69. The van der Waals surface area contributed by atoms with Crippen LogP contribution in [0.5, 0.6) is 0 Å². The Bertz CT molecular complexity index is 583. The van der Waals surface area contributed by atoms with Gasteiger partial charge in [0.2, 0.25) is 0 Å². The van der Waals surface area contributed by atoms with Crippen LogP contribution in [-0.2, 0) is 0 Å². The Balaban J connectivity index is 2.60. The fourth-order valence-electron chi connectivity index (χ4n) is 1.28. The SMILES string of the molecule is Cc1nc(-c2ccc(Br)o2)nc(C#N)c1C. The molecule has 0 amide bonds. The number of aryl methyl sites for hydroxylation is 1. The van der Waals surface area contributed by atoms with Crippen molar-refractivity contribution < 1.29 is 4.42 Å². The number of hydrogen-bond acceptors (Lipinski definition) is 4. The van der Waals surface area contributed by atoms with Crippen molar-refractivity contribution in [3.05, 3.63) is 33.8 Å². The standard InChI is InChI=1S/C11H8BrN3O/c1-6-7(2)14-11(15-8(6)5-13)9-3-4-10(12)16-9/h3-4H,1-2H3. The molecule has 0 aromatic carbocycles. The van der Waals surface area contributed by atoms with Gasteiger partial charge in [-0.3, -0.25) is 0 Å². The first-order valence-corrected chi connectivity index (χ1v) is 5.42. The molecule has 0 fully saturated rings. The molecule has 0 N–H and O–H groups in total. The smallest absolute Gasteiger partial charge is 0.197 e. The number of nitrogens with zero attached hydrogens (tertiary/aromatic N) is 3. The highest BCUT2D eigenvalue weighted by Crippen LogP contribution is 2.23. The predicted molar refractivity (Wildman–Crippen MR) is 61.6 cm³/mol. The fraction of sp³-hybridized carbons (Fsp3) is 0.182. The maximum atomic E-state index is 8.94. The van der Waals surface area contributed by atoms with Crippen molar-refractivity contribution >= 4 is 15.9 Å². The summed E-state index contributed by atoms with van der Waals surface area (Å²) in [6.07, 6.45) is 0. The molecule has 0 aliphatic heterocycles. The van der Waals surface area contributed by atoms with Crippen LogP contribution in [0.3, 0.4) is 0 Å². The minimum absolute atomic E-state index is 0.384. The van der Waals surface area contributed by atoms with Gasteiger partial charge in [0.05, 0.1) is 0 Å². The summed E-state index contributed by atoms with van der Waals surface area (Å²) in [7, 11) is 0. The zero-order valence-electron chi connectivity index (χ0n) is 8.78. The van der Waals surface area contributed by atoms with Crippen LogP contribution in [0.15, 0.2) is 21.2 Å². The zero-order chi connectivity index (χ0) is 11.7. The first-order chi connectivity index (χ1) is 7.61. The molecule has 2 heterocycles. The maximum Gasteiger partial charge on any atom is 0.197 e. The van der Waals surface area contributed by atoms with Gasteiger partial charge in [-0.05, 0) is 41.9 Å². The molecule has 4 nitrogen and oxygen atoms in total. The molecular weight excluding hydrogens is 270 g/mol. The van der Waals surface area contributed by atoms with E-state index in [2.05, 4.69) is 25.9 Å². The van der Waals surface area contributed by atoms with E-state index in [1.165, 1.54) is 0 Å². The van der Waals surface area contributed by atoms with Crippen LogP contribution in [0, 0.1) is 25.2 Å². The Hall–Kier alpha value is -1.67. The van der Waals surface area contributed by atoms with E-state index >= 15 is 0 Å². The third-order valence-corrected chi connectivity index (χ3v) is 2.71. The van der Waals surface area contributed by atoms with Crippen molar-refractivity contribution in [1.29, 1.82) is 5.26 Å². The Labute approximate surface area is 101 Å². The zero-order valence-corrected chi connectivity index (χ0v) is 10.4. The molecule has 2 aromatic rings. The number of furan rings is 1. The number of nitriles is 1. The van der Waals surface area contributed by atoms with Crippen LogP contribution in [0.4, 0.5) is 0 Å². The minimum Gasteiger partial charge on any atom is -0.446 e. The lowest BCUT2D eigenvalue weighted by Gasteiger charge is -2.03. The fourth-order valence-corrected chi connectivity index (χ4v) is 1.59. The molecule has 0 aliphatic carbocycles. The Morgan fingerprint density at radius 2 is 2.06 bits per heavy atom. The molecular formula is C11H8BrN3O. The van der Waals surface area contributed by atoms with Gasteiger partial charge < -0.3 is 4.42 Å². The summed E-state index contributed by atoms with van der Waals surface area (Å²) in [6, 6.07) is 5.57. The largest absolute Gasteiger partial charge is 0.446 e. The van der Waals surface area contributed by atoms with Gasteiger partial charge in [-0.25, -0.2) is 9.97 Å². The summed E-state index contributed by atoms with van der Waals surface area (Å²) in [5.74, 6) is 0.983. The molecule has 0 radical (unpaired) electrons. The van der Waals surface area contributed by atoms with E-state index in [1.807, 2.05) is 19.9 Å². The van der Waals surface area contributed by atoms with E-state index in [-0.39, 0.29) is 0 Å². The van der Waals surface area contributed by atoms with E-state index in [4.69, 9.17) is 9.68 Å². The summed E-state index contributed by atoms with van der Waals surface area (Å²) in [5, 5.41) is 8.94. The van der Waals surface area contributed by atoms with Crippen LogP contribution in [0.2, 0.25) is 0 Å². The van der Waals surface area contributed by atoms with Crippen LogP contribution >= 0.6 is 15.9 Å². The second-order valence-corrected chi connectivity index (χ2v) is 4.10. The molecule has 0 saturated heterocycles. The number of hydrogen-bond donors (Lipinski definition) is 0. The quantitative estimate of drug-likeness (QED) is 0.804. The summed E-state index contributed by atoms with van der Waals surface area (Å²) in [4.78, 5) is 8.44. The van der Waals surface area contributed by atoms with Crippen molar-refractivity contribution in [2.45, 2.75) is 13.8 Å². The lowest BCUT2D eigenvalue weighted by Crippen LogP contribution is -1.99. The number of aromatic nitrogens is 2. The van der Waals surface area contributed by atoms with E-state index in [0.717, 1.165) is 11.3 Å². The van der Waals surface area contributed by atoms with Gasteiger partial charge >= 0.3 is 0 Å². The molecule has 2 aromatic heterocycles. The van der Waals surface area contributed by atoms with E-state index in [0.29, 0.717) is 21.9 Å². The van der Waals surface area contributed by atoms with Gasteiger partial charge in [-0.15, -0.1) is 0 Å². The van der Waals surface area contributed by atoms with Gasteiger partial charge in [-0.1, -0.05) is 0 Å². The number of rotatable bonds is 1. The summed E-state index contributed by atoms with van der Waals surface area (Å²) in [5.41, 5.74) is 1.97. The highest BCUT2D eigenvalue weighted by Gasteiger charge is 2.11. The molecule has 0 aliphatic rings. The van der Waals surface area contributed by atoms with Crippen molar-refractivity contribution in [1.82, 2.24) is 9.97 Å². The molecule has 80 valence electrons. The Morgan fingerprint density at radius 1 is 1.31 bits per heavy atom. The molecule has 0 atom stereocenters. The van der Waals surface area contributed by atoms with Crippen molar-refractivity contribution in [3.63, 3.8) is 0 Å². The normalized spacial score (nSPS) is 10.1. The van der Waals surface area contributed by atoms with Gasteiger partial charge in [0.25, 0.3) is 0 Å². The minimum atomic E-state index is 0.384. The van der Waals surface area contributed by atoms with Gasteiger partial charge in [-0.2, -0.15) is 5.26 Å². The summed E-state index contributed by atoms with van der Waals surface area (Å²) in [6.45, 7) is 3.68. The molecule has 2 rings (SSSR count). The molecule has 16 heavy (non-hydrogen) atoms. The molecule has 5 heteroatoms. The van der Waals surface area contributed by atoms with E-state index in [1.54, 1.807) is 12.1 Å². The van der Waals surface area contributed by atoms with Gasteiger partial charge in [0.15, 0.2) is 16.3 Å². The third kappa shape index (κ3) is 1.84. The predicted octanol–water partition coefficient (Wildman–Crippen LogP) is 2.99. The highest BCUT2D eigenvalue weighted by molar-refractivity contribution is 9.10. The Kier molecular flexibility index (Phi) is 2.75. The van der Waals surface area contributed by atoms with E-state index < -0.39 is 0 Å². The summed E-state index contributed by atoms with van der Waals surface area (Å²) < 4.78 is 5.96. The van der Waals surface area contributed by atoms with Crippen molar-refractivity contribution in [2.24, 2.45) is 0 Å². The van der Waals surface area contributed by atoms with Crippen LogP contribution in [-0.4, -0.2) is 9.97 Å². The second kappa shape index (κ2) is 4.06. The lowest BCUT2D eigenvalue weighted by molar-refractivity contribution is 0.551. The monoisotopic (exact) mass is 277 g/mol. The molecule has 0 bridgehead atoms. The van der Waals surface area contributed by atoms with Crippen molar-refractivity contribution in [2.75, 3.05) is 0 Å². The third-order valence-electron chi connectivity index (χ3n) is 2.29. The second-order valence-electron chi connectivity index (χ2n) is 3.32. The number of halogens is 1. The van der Waals surface area contributed by atoms with Gasteiger partial charge in [0.1, 0.15) is 11.8 Å². The maximum absolute atomic E-state index is 8.94. The van der Waals surface area contributed by atoms with Crippen molar-refractivity contribution in [3.8, 4) is 17.7 Å². The van der Waals surface area contributed by atoms with Crippen LogP contribution in [0.25, 0.3) is 11.6 Å². The topological polar surface area (TPSA) is 62.7 Å². The van der Waals surface area contributed by atoms with E-state index in [9.17, 15) is 0 Å². The lowest BCUT2D eigenvalue weighted by atomic mass is 10.2.